The van der Waals surface area contributed by atoms with Crippen LogP contribution in [0.4, 0.5) is 4.39 Å². The molecular formula is C22H26FN3O3. The summed E-state index contributed by atoms with van der Waals surface area (Å²) < 4.78 is 13.4. The maximum absolute atomic E-state index is 13.4. The largest absolute Gasteiger partial charge is 0.394 e. The maximum atomic E-state index is 13.4. The predicted octanol–water partition coefficient (Wildman–Crippen LogP) is 2.67. The second kappa shape index (κ2) is 9.60. The van der Waals surface area contributed by atoms with Gasteiger partial charge in [-0.25, -0.2) is 4.39 Å². The summed E-state index contributed by atoms with van der Waals surface area (Å²) in [5.74, 6) is -0.823. The molecule has 0 unspecified atom stereocenters. The number of aliphatic hydroxyl groups excluding tert-OH is 1. The minimum Gasteiger partial charge on any atom is -0.394 e. The third kappa shape index (κ3) is 5.60. The lowest BCUT2D eigenvalue weighted by Gasteiger charge is -2.29. The molecule has 29 heavy (non-hydrogen) atoms. The van der Waals surface area contributed by atoms with E-state index in [0.717, 1.165) is 19.3 Å². The first-order valence-electron chi connectivity index (χ1n) is 9.90. The summed E-state index contributed by atoms with van der Waals surface area (Å²) in [6, 6.07) is 9.13. The monoisotopic (exact) mass is 399 g/mol. The van der Waals surface area contributed by atoms with Crippen LogP contribution in [0, 0.1) is 11.7 Å². The van der Waals surface area contributed by atoms with Gasteiger partial charge in [0.05, 0.1) is 17.9 Å². The molecule has 1 aromatic carbocycles. The van der Waals surface area contributed by atoms with E-state index in [1.54, 1.807) is 31.2 Å². The summed E-state index contributed by atoms with van der Waals surface area (Å²) in [4.78, 5) is 29.1. The molecule has 1 saturated carbocycles. The van der Waals surface area contributed by atoms with Crippen LogP contribution >= 0.6 is 0 Å². The van der Waals surface area contributed by atoms with Crippen molar-refractivity contribution >= 4 is 11.8 Å². The molecule has 1 aliphatic rings. The first-order valence-corrected chi connectivity index (χ1v) is 9.90. The summed E-state index contributed by atoms with van der Waals surface area (Å²) in [6.45, 7) is 1.65. The highest BCUT2D eigenvalue weighted by Gasteiger charge is 2.28. The zero-order valence-corrected chi connectivity index (χ0v) is 16.4. The molecule has 1 fully saturated rings. The number of nitrogens with one attached hydrogen (secondary N) is 2. The fourth-order valence-electron chi connectivity index (χ4n) is 3.58. The number of hydrogen-bond donors (Lipinski definition) is 3. The fourth-order valence-corrected chi connectivity index (χ4v) is 3.58. The number of aliphatic hydroxyl groups is 1. The van der Waals surface area contributed by atoms with Crippen molar-refractivity contribution in [2.24, 2.45) is 5.92 Å². The Labute approximate surface area is 169 Å². The predicted molar refractivity (Wildman–Crippen MR) is 108 cm³/mol. The topological polar surface area (TPSA) is 91.3 Å². The molecule has 7 heteroatoms. The van der Waals surface area contributed by atoms with Crippen molar-refractivity contribution in [3.05, 3.63) is 54.0 Å². The van der Waals surface area contributed by atoms with E-state index in [2.05, 4.69) is 15.6 Å². The smallest absolute Gasteiger partial charge is 0.253 e. The molecule has 2 aromatic rings. The second-order valence-corrected chi connectivity index (χ2v) is 7.57. The Morgan fingerprint density at radius 2 is 2.10 bits per heavy atom. The van der Waals surface area contributed by atoms with Crippen molar-refractivity contribution in [2.75, 3.05) is 6.61 Å². The summed E-state index contributed by atoms with van der Waals surface area (Å²) in [5, 5.41) is 14.9. The van der Waals surface area contributed by atoms with E-state index in [1.165, 1.54) is 18.3 Å². The minimum atomic E-state index is -0.338. The Hall–Kier alpha value is -2.80. The van der Waals surface area contributed by atoms with Crippen molar-refractivity contribution in [1.82, 2.24) is 15.6 Å². The van der Waals surface area contributed by atoms with E-state index in [9.17, 15) is 14.0 Å². The maximum Gasteiger partial charge on any atom is 0.253 e. The van der Waals surface area contributed by atoms with Crippen molar-refractivity contribution in [3.8, 4) is 11.3 Å². The lowest BCUT2D eigenvalue weighted by Crippen LogP contribution is -2.45. The fraction of sp³-hybridized carbons (Fsp3) is 0.409. The highest BCUT2D eigenvalue weighted by molar-refractivity contribution is 5.94. The third-order valence-corrected chi connectivity index (χ3v) is 5.19. The van der Waals surface area contributed by atoms with Gasteiger partial charge >= 0.3 is 0 Å². The van der Waals surface area contributed by atoms with Crippen LogP contribution < -0.4 is 10.6 Å². The summed E-state index contributed by atoms with van der Waals surface area (Å²) in [5.41, 5.74) is 1.66. The van der Waals surface area contributed by atoms with Crippen LogP contribution in [0.15, 0.2) is 42.6 Å². The molecule has 6 nitrogen and oxygen atoms in total. The standard InChI is InChI=1S/C22H26FN3O3/c1-14(13-27)25-21(28)16-5-3-7-19(11-16)26-22(29)17-8-9-20(24-12-17)15-4-2-6-18(23)10-15/h2,4,6,8-10,12,14,16,19,27H,3,5,7,11,13H2,1H3,(H,25,28)(H,26,29)/t14-,16+,19-/m0/s1. The molecule has 0 aliphatic heterocycles. The van der Waals surface area contributed by atoms with E-state index in [1.807, 2.05) is 0 Å². The van der Waals surface area contributed by atoms with Gasteiger partial charge in [0.25, 0.3) is 5.91 Å². The average Bonchev–Trinajstić information content (AvgIpc) is 2.74. The van der Waals surface area contributed by atoms with Crippen LogP contribution in [0.2, 0.25) is 0 Å². The number of carbonyl (C=O) groups is 2. The molecule has 1 heterocycles. The number of halogens is 1. The summed E-state index contributed by atoms with van der Waals surface area (Å²) in [6.07, 6.45) is 4.50. The molecule has 0 saturated heterocycles. The van der Waals surface area contributed by atoms with Crippen LogP contribution in [0.3, 0.4) is 0 Å². The van der Waals surface area contributed by atoms with E-state index in [-0.39, 0.29) is 42.2 Å². The number of amides is 2. The van der Waals surface area contributed by atoms with Crippen molar-refractivity contribution < 1.29 is 19.1 Å². The Morgan fingerprint density at radius 1 is 1.28 bits per heavy atom. The van der Waals surface area contributed by atoms with Gasteiger partial charge in [0.2, 0.25) is 5.91 Å². The average molecular weight is 399 g/mol. The number of nitrogens with zero attached hydrogens (tertiary/aromatic N) is 1. The molecule has 3 atom stereocenters. The highest BCUT2D eigenvalue weighted by atomic mass is 19.1. The van der Waals surface area contributed by atoms with E-state index >= 15 is 0 Å². The van der Waals surface area contributed by atoms with Crippen LogP contribution in [-0.2, 0) is 4.79 Å². The van der Waals surface area contributed by atoms with Gasteiger partial charge in [-0.1, -0.05) is 18.6 Å². The molecule has 2 amide bonds. The summed E-state index contributed by atoms with van der Waals surface area (Å²) in [7, 11) is 0. The Kier molecular flexibility index (Phi) is 6.93. The molecule has 0 spiro atoms. The Morgan fingerprint density at radius 3 is 2.79 bits per heavy atom. The van der Waals surface area contributed by atoms with Gasteiger partial charge in [0.1, 0.15) is 5.82 Å². The van der Waals surface area contributed by atoms with Gasteiger partial charge in [0, 0.05) is 29.8 Å². The van der Waals surface area contributed by atoms with Gasteiger partial charge in [-0.05, 0) is 50.5 Å². The molecular weight excluding hydrogens is 373 g/mol. The number of rotatable bonds is 6. The number of carbonyl (C=O) groups excluding carboxylic acids is 2. The van der Waals surface area contributed by atoms with E-state index in [0.29, 0.717) is 23.2 Å². The lowest BCUT2D eigenvalue weighted by atomic mass is 9.85. The van der Waals surface area contributed by atoms with Gasteiger partial charge < -0.3 is 15.7 Å². The number of pyridine rings is 1. The second-order valence-electron chi connectivity index (χ2n) is 7.57. The number of hydrogen-bond acceptors (Lipinski definition) is 4. The number of benzene rings is 1. The number of aromatic nitrogens is 1. The van der Waals surface area contributed by atoms with Gasteiger partial charge in [-0.15, -0.1) is 0 Å². The molecule has 0 bridgehead atoms. The SMILES string of the molecule is C[C@@H](CO)NC(=O)[C@@H]1CCC[C@H](NC(=O)c2ccc(-c3cccc(F)c3)nc2)C1. The van der Waals surface area contributed by atoms with Crippen LogP contribution in [-0.4, -0.2) is 40.6 Å². The lowest BCUT2D eigenvalue weighted by molar-refractivity contribution is -0.127. The zero-order chi connectivity index (χ0) is 20.8. The molecule has 1 aliphatic carbocycles. The van der Waals surface area contributed by atoms with Crippen LogP contribution in [0.25, 0.3) is 11.3 Å². The quantitative estimate of drug-likeness (QED) is 0.697. The van der Waals surface area contributed by atoms with Gasteiger partial charge in [-0.2, -0.15) is 0 Å². The van der Waals surface area contributed by atoms with Crippen molar-refractivity contribution in [2.45, 2.75) is 44.7 Å². The van der Waals surface area contributed by atoms with Crippen LogP contribution in [0.1, 0.15) is 43.0 Å². The van der Waals surface area contributed by atoms with Crippen LogP contribution in [0.5, 0.6) is 0 Å². The first-order chi connectivity index (χ1) is 14.0. The molecule has 3 N–H and O–H groups in total. The summed E-state index contributed by atoms with van der Waals surface area (Å²) >= 11 is 0. The first kappa shape index (κ1) is 20.9. The van der Waals surface area contributed by atoms with E-state index < -0.39 is 0 Å². The Bertz CT molecular complexity index is 857. The highest BCUT2D eigenvalue weighted by Crippen LogP contribution is 2.25. The molecule has 154 valence electrons. The van der Waals surface area contributed by atoms with Crippen molar-refractivity contribution in [3.63, 3.8) is 0 Å². The van der Waals surface area contributed by atoms with Gasteiger partial charge in [0.15, 0.2) is 0 Å². The zero-order valence-electron chi connectivity index (χ0n) is 16.4. The molecule has 3 rings (SSSR count). The molecule has 1 aromatic heterocycles. The molecule has 0 radical (unpaired) electrons. The third-order valence-electron chi connectivity index (χ3n) is 5.19. The minimum absolute atomic E-state index is 0.0772. The normalized spacial score (nSPS) is 20.0. The van der Waals surface area contributed by atoms with Gasteiger partial charge in [-0.3, -0.25) is 14.6 Å². The van der Waals surface area contributed by atoms with E-state index in [4.69, 9.17) is 5.11 Å². The Balaban J connectivity index is 1.59. The van der Waals surface area contributed by atoms with Crippen molar-refractivity contribution in [1.29, 1.82) is 0 Å².